The third-order valence-electron chi connectivity index (χ3n) is 11.5. The Morgan fingerprint density at radius 1 is 0.634 bits per heavy atom. The van der Waals surface area contributed by atoms with Gasteiger partial charge in [-0.3, -0.25) is 43.2 Å². The van der Waals surface area contributed by atoms with Gasteiger partial charge in [0.1, 0.15) is 42.3 Å². The lowest BCUT2D eigenvalue weighted by molar-refractivity contribution is -0.142. The summed E-state index contributed by atoms with van der Waals surface area (Å²) in [6, 6.07) is -2.65. The van der Waals surface area contributed by atoms with Crippen LogP contribution in [-0.2, 0) is 60.8 Å². The molecule has 0 bridgehead atoms. The monoisotopic (exact) mass is 1030 g/mol. The molecule has 71 heavy (non-hydrogen) atoms. The molecular formula is C46H66N10O13S2. The maximum atomic E-state index is 14.1. The topological polar surface area (TPSA) is 360 Å². The van der Waals surface area contributed by atoms with Gasteiger partial charge in [0.05, 0.1) is 29.9 Å². The van der Waals surface area contributed by atoms with Gasteiger partial charge >= 0.3 is 17.9 Å². The van der Waals surface area contributed by atoms with Gasteiger partial charge in [-0.2, -0.15) is 12.6 Å². The number of imidazole rings is 1. The molecule has 0 aliphatic carbocycles. The van der Waals surface area contributed by atoms with Gasteiger partial charge in [0.15, 0.2) is 0 Å². The zero-order valence-electron chi connectivity index (χ0n) is 40.4. The summed E-state index contributed by atoms with van der Waals surface area (Å²) in [6.07, 6.45) is 3.88. The van der Waals surface area contributed by atoms with Crippen molar-refractivity contribution in [1.29, 1.82) is 0 Å². The van der Waals surface area contributed by atoms with Gasteiger partial charge in [-0.25, -0.2) is 9.78 Å². The molecule has 0 unspecified atom stereocenters. The number of carbonyl (C=O) groups is 10. The SMILES string of the molecule is CC[C@H](C)[C@H](NC(=O)[C@H](CC(=O)O)NC(=O)[C@H](CC(C)C)NC(=O)[C@H](Cc1c[nH]cn1)NC(=O)[C@H](CS)NC(=O)CSCC(=O)O)C(=O)N[C@H](C(=O)N[C@@H](Cc1c[nH]c2ccccc12)C(=O)O)[C@@H](C)CC. The quantitative estimate of drug-likeness (QED) is 0.0391. The second kappa shape index (κ2) is 28.9. The Labute approximate surface area is 420 Å². The fraction of sp³-hybridized carbons (Fsp3) is 0.543. The molecule has 390 valence electrons. The van der Waals surface area contributed by atoms with E-state index >= 15 is 0 Å². The van der Waals surface area contributed by atoms with E-state index in [1.807, 2.05) is 18.2 Å². The Morgan fingerprint density at radius 2 is 1.18 bits per heavy atom. The van der Waals surface area contributed by atoms with E-state index < -0.39 is 120 Å². The first-order chi connectivity index (χ1) is 33.6. The maximum Gasteiger partial charge on any atom is 0.326 e. The van der Waals surface area contributed by atoms with Crippen molar-refractivity contribution in [2.45, 2.75) is 122 Å². The molecule has 0 saturated heterocycles. The molecule has 0 spiro atoms. The van der Waals surface area contributed by atoms with E-state index in [2.05, 4.69) is 64.8 Å². The number of aromatic nitrogens is 3. The van der Waals surface area contributed by atoms with E-state index in [9.17, 15) is 58.2 Å². The lowest BCUT2D eigenvalue weighted by Crippen LogP contribution is -2.62. The van der Waals surface area contributed by atoms with Crippen molar-refractivity contribution >= 4 is 94.6 Å². The highest BCUT2D eigenvalue weighted by Crippen LogP contribution is 2.20. The number of carboxylic acid groups (broad SMARTS) is 3. The number of amides is 7. The zero-order valence-corrected chi connectivity index (χ0v) is 42.1. The molecule has 0 aliphatic rings. The predicted octanol–water partition coefficient (Wildman–Crippen LogP) is 0.515. The number of nitrogens with one attached hydrogen (secondary N) is 9. The summed E-state index contributed by atoms with van der Waals surface area (Å²) in [6.45, 7) is 10.3. The van der Waals surface area contributed by atoms with Gasteiger partial charge in [0, 0.05) is 41.9 Å². The van der Waals surface area contributed by atoms with Crippen LogP contribution in [0.1, 0.15) is 78.5 Å². The van der Waals surface area contributed by atoms with Crippen molar-refractivity contribution in [2.24, 2.45) is 17.8 Å². The summed E-state index contributed by atoms with van der Waals surface area (Å²) in [5.74, 6) is -12.2. The Balaban J connectivity index is 1.82. The standard InChI is InChI=1S/C46H66N10O13S2/c1-7-24(5)38(44(66)54-33(46(68)69)14-26-17-48-29-12-10-9-11-28(26)29)56-45(67)39(25(6)8-2)55-42(64)32(16-36(58)59)53-40(62)30(13-23(3)4)51-41(63)31(15-27-18-47-22-49-27)52-43(65)34(19-70)50-35(57)20-71-21-37(60)61/h9-12,17-18,22-25,30-34,38-39,48,70H,7-8,13-16,19-21H2,1-6H3,(H,47,49)(H,50,57)(H,51,63)(H,52,65)(H,53,62)(H,54,66)(H,55,64)(H,56,67)(H,58,59)(H,60,61)(H,68,69)/t24-,25-,30-,31-,32-,33-,34-,38-,39-/m0/s1. The van der Waals surface area contributed by atoms with Crippen LogP contribution >= 0.6 is 24.4 Å². The van der Waals surface area contributed by atoms with Crippen molar-refractivity contribution in [2.75, 3.05) is 17.3 Å². The summed E-state index contributed by atoms with van der Waals surface area (Å²) in [7, 11) is 0. The molecule has 25 heteroatoms. The molecule has 1 aromatic carbocycles. The summed E-state index contributed by atoms with van der Waals surface area (Å²) in [5, 5.41) is 47.4. The van der Waals surface area contributed by atoms with Gasteiger partial charge < -0.3 is 62.5 Å². The molecule has 9 atom stereocenters. The number of hydrogen-bond acceptors (Lipinski definition) is 13. The van der Waals surface area contributed by atoms with Crippen LogP contribution in [0.25, 0.3) is 10.9 Å². The molecule has 23 nitrogen and oxygen atoms in total. The molecule has 2 heterocycles. The number of H-pyrrole nitrogens is 2. The third-order valence-corrected chi connectivity index (χ3v) is 12.8. The van der Waals surface area contributed by atoms with Crippen LogP contribution in [0.3, 0.4) is 0 Å². The summed E-state index contributed by atoms with van der Waals surface area (Å²) in [5.41, 5.74) is 1.75. The van der Waals surface area contributed by atoms with Crippen LogP contribution in [0, 0.1) is 17.8 Å². The number of hydrogen-bond donors (Lipinski definition) is 13. The van der Waals surface area contributed by atoms with Crippen molar-refractivity contribution in [1.82, 2.24) is 52.2 Å². The minimum absolute atomic E-state index is 0.0349. The predicted molar refractivity (Wildman–Crippen MR) is 265 cm³/mol. The van der Waals surface area contributed by atoms with Crippen molar-refractivity contribution in [3.05, 3.63) is 54.2 Å². The molecule has 2 aromatic heterocycles. The first-order valence-corrected chi connectivity index (χ1v) is 24.9. The minimum Gasteiger partial charge on any atom is -0.481 e. The molecular weight excluding hydrogens is 965 g/mol. The largest absolute Gasteiger partial charge is 0.481 e. The van der Waals surface area contributed by atoms with E-state index in [1.165, 1.54) is 12.5 Å². The highest BCUT2D eigenvalue weighted by molar-refractivity contribution is 8.00. The number of fused-ring (bicyclic) bond motifs is 1. The van der Waals surface area contributed by atoms with E-state index in [0.717, 1.165) is 22.7 Å². The Morgan fingerprint density at radius 3 is 1.75 bits per heavy atom. The lowest BCUT2D eigenvalue weighted by Gasteiger charge is -2.31. The first kappa shape index (κ1) is 58.7. The highest BCUT2D eigenvalue weighted by atomic mass is 32.2. The van der Waals surface area contributed by atoms with E-state index in [1.54, 1.807) is 53.8 Å². The van der Waals surface area contributed by atoms with Gasteiger partial charge in [-0.1, -0.05) is 72.6 Å². The summed E-state index contributed by atoms with van der Waals surface area (Å²) < 4.78 is 0. The van der Waals surface area contributed by atoms with Gasteiger partial charge in [-0.05, 0) is 35.8 Å². The number of aliphatic carboxylic acids is 3. The number of nitrogens with zero attached hydrogens (tertiary/aromatic N) is 1. The van der Waals surface area contributed by atoms with Gasteiger partial charge in [-0.15, -0.1) is 11.8 Å². The maximum absolute atomic E-state index is 14.1. The van der Waals surface area contributed by atoms with Crippen LogP contribution < -0.4 is 37.2 Å². The van der Waals surface area contributed by atoms with Crippen molar-refractivity contribution < 1.29 is 63.3 Å². The van der Waals surface area contributed by atoms with Crippen LogP contribution in [0.5, 0.6) is 0 Å². The van der Waals surface area contributed by atoms with E-state index in [4.69, 9.17) is 5.11 Å². The fourth-order valence-corrected chi connectivity index (χ4v) is 8.07. The van der Waals surface area contributed by atoms with Gasteiger partial charge in [0.2, 0.25) is 41.4 Å². The number of carbonyl (C=O) groups excluding carboxylic acids is 7. The van der Waals surface area contributed by atoms with Gasteiger partial charge in [0.25, 0.3) is 0 Å². The number of benzene rings is 1. The van der Waals surface area contributed by atoms with E-state index in [-0.39, 0.29) is 42.4 Å². The number of thioether (sulfide) groups is 1. The second-order valence-corrected chi connectivity index (χ2v) is 18.9. The van der Waals surface area contributed by atoms with E-state index in [0.29, 0.717) is 24.1 Å². The molecule has 3 aromatic rings. The highest BCUT2D eigenvalue weighted by Gasteiger charge is 2.37. The number of para-hydroxylation sites is 1. The van der Waals surface area contributed by atoms with Crippen LogP contribution in [0.15, 0.2) is 43.0 Å². The number of aromatic amines is 2. The molecule has 0 aliphatic heterocycles. The molecule has 0 saturated carbocycles. The lowest BCUT2D eigenvalue weighted by atomic mass is 9.94. The van der Waals surface area contributed by atoms with Crippen LogP contribution in [0.2, 0.25) is 0 Å². The number of carboxylic acids is 3. The first-order valence-electron chi connectivity index (χ1n) is 23.1. The van der Waals surface area contributed by atoms with Crippen molar-refractivity contribution in [3.63, 3.8) is 0 Å². The van der Waals surface area contributed by atoms with Crippen LogP contribution in [0.4, 0.5) is 0 Å². The second-order valence-electron chi connectivity index (χ2n) is 17.6. The third kappa shape index (κ3) is 18.9. The number of rotatable bonds is 31. The Hall–Kier alpha value is -6.63. The fourth-order valence-electron chi connectivity index (χ4n) is 7.27. The average molecular weight is 1030 g/mol. The van der Waals surface area contributed by atoms with Crippen molar-refractivity contribution in [3.8, 4) is 0 Å². The summed E-state index contributed by atoms with van der Waals surface area (Å²) in [4.78, 5) is 141. The number of thiol groups is 1. The minimum atomic E-state index is -1.80. The molecule has 0 radical (unpaired) electrons. The normalized spacial score (nSPS) is 15.0. The molecule has 7 amide bonds. The average Bonchev–Trinajstić information content (AvgIpc) is 3.99. The summed E-state index contributed by atoms with van der Waals surface area (Å²) >= 11 is 4.95. The smallest absolute Gasteiger partial charge is 0.326 e. The molecule has 0 fully saturated rings. The molecule has 3 rings (SSSR count). The Bertz CT molecular complexity index is 2330. The molecule has 12 N–H and O–H groups in total. The Kier molecular flexibility index (Phi) is 23.9. The zero-order chi connectivity index (χ0) is 52.9. The van der Waals surface area contributed by atoms with Crippen LogP contribution in [-0.4, -0.2) is 149 Å².